The second-order valence-electron chi connectivity index (χ2n) is 7.38. The Morgan fingerprint density at radius 3 is 2.68 bits per heavy atom. The van der Waals surface area contributed by atoms with Gasteiger partial charge in [-0.25, -0.2) is 9.18 Å². The summed E-state index contributed by atoms with van der Waals surface area (Å²) in [6.45, 7) is 8.46. The van der Waals surface area contributed by atoms with E-state index in [1.165, 1.54) is 6.07 Å². The van der Waals surface area contributed by atoms with Gasteiger partial charge in [0, 0.05) is 30.2 Å². The number of halogens is 1. The van der Waals surface area contributed by atoms with Gasteiger partial charge < -0.3 is 9.64 Å². The normalized spacial score (nSPS) is 15.2. The van der Waals surface area contributed by atoms with Crippen molar-refractivity contribution in [3.05, 3.63) is 47.4 Å². The zero-order valence-corrected chi connectivity index (χ0v) is 15.1. The molecule has 0 unspecified atom stereocenters. The first-order valence-electron chi connectivity index (χ1n) is 8.47. The maximum Gasteiger partial charge on any atom is 0.410 e. The Morgan fingerprint density at radius 2 is 2.04 bits per heavy atom. The van der Waals surface area contributed by atoms with Gasteiger partial charge in [-0.3, -0.25) is 4.98 Å². The van der Waals surface area contributed by atoms with E-state index in [1.54, 1.807) is 11.0 Å². The van der Waals surface area contributed by atoms with E-state index in [1.807, 2.05) is 45.9 Å². The number of nitrogens with zero attached hydrogens (tertiary/aromatic N) is 2. The number of carbonyl (C=O) groups excluding carboxylic acids is 1. The monoisotopic (exact) mass is 342 g/mol. The summed E-state index contributed by atoms with van der Waals surface area (Å²) in [5, 5.41) is 0.934. The lowest BCUT2D eigenvalue weighted by Crippen LogP contribution is -2.39. The molecule has 0 saturated heterocycles. The fraction of sp³-hybridized carbons (Fsp3) is 0.400. The van der Waals surface area contributed by atoms with Gasteiger partial charge in [0.1, 0.15) is 11.4 Å². The van der Waals surface area contributed by atoms with E-state index < -0.39 is 5.60 Å². The molecule has 132 valence electrons. The lowest BCUT2D eigenvalue weighted by atomic mass is 9.95. The fourth-order valence-electron chi connectivity index (χ4n) is 2.97. The SMILES string of the molecule is Cc1ccc2c(C3=CCN(C(=O)OC(C)(C)C)CC3)cc(F)cc2n1. The number of pyridine rings is 1. The van der Waals surface area contributed by atoms with E-state index in [0.717, 1.165) is 22.2 Å². The third kappa shape index (κ3) is 3.98. The zero-order valence-electron chi connectivity index (χ0n) is 15.1. The first-order valence-corrected chi connectivity index (χ1v) is 8.47. The van der Waals surface area contributed by atoms with Crippen LogP contribution >= 0.6 is 0 Å². The van der Waals surface area contributed by atoms with Crippen molar-refractivity contribution in [3.63, 3.8) is 0 Å². The molecule has 0 bridgehead atoms. The molecule has 0 aliphatic carbocycles. The van der Waals surface area contributed by atoms with Crippen molar-refractivity contribution in [1.82, 2.24) is 9.88 Å². The number of rotatable bonds is 1. The van der Waals surface area contributed by atoms with E-state index >= 15 is 0 Å². The summed E-state index contributed by atoms with van der Waals surface area (Å²) in [6, 6.07) is 6.92. The molecule has 0 radical (unpaired) electrons. The number of fused-ring (bicyclic) bond motifs is 1. The lowest BCUT2D eigenvalue weighted by Gasteiger charge is -2.29. The predicted molar refractivity (Wildman–Crippen MR) is 96.8 cm³/mol. The smallest absolute Gasteiger partial charge is 0.410 e. The molecule has 2 heterocycles. The number of benzene rings is 1. The highest BCUT2D eigenvalue weighted by Crippen LogP contribution is 2.30. The summed E-state index contributed by atoms with van der Waals surface area (Å²) in [5.41, 5.74) is 2.90. The fourth-order valence-corrected chi connectivity index (χ4v) is 2.97. The molecule has 0 spiro atoms. The number of ether oxygens (including phenoxy) is 1. The van der Waals surface area contributed by atoms with Crippen LogP contribution in [0.3, 0.4) is 0 Å². The molecule has 0 N–H and O–H groups in total. The predicted octanol–water partition coefficient (Wildman–Crippen LogP) is 4.71. The standard InChI is InChI=1S/C20H23FN2O2/c1-13-5-6-16-17(11-15(21)12-18(16)22-13)14-7-9-23(10-8-14)19(24)25-20(2,3)4/h5-7,11-12H,8-10H2,1-4H3. The van der Waals surface area contributed by atoms with Crippen LogP contribution in [0.25, 0.3) is 16.5 Å². The maximum atomic E-state index is 14.0. The first kappa shape index (κ1) is 17.4. The van der Waals surface area contributed by atoms with Gasteiger partial charge in [0.15, 0.2) is 0 Å². The molecular weight excluding hydrogens is 319 g/mol. The Labute approximate surface area is 147 Å². The summed E-state index contributed by atoms with van der Waals surface area (Å²) < 4.78 is 19.4. The molecule has 5 heteroatoms. The maximum absolute atomic E-state index is 14.0. The number of amides is 1. The highest BCUT2D eigenvalue weighted by molar-refractivity contribution is 5.92. The minimum atomic E-state index is -0.511. The van der Waals surface area contributed by atoms with Crippen molar-refractivity contribution in [1.29, 1.82) is 0 Å². The Morgan fingerprint density at radius 1 is 1.28 bits per heavy atom. The van der Waals surface area contributed by atoms with Gasteiger partial charge in [-0.15, -0.1) is 0 Å². The van der Waals surface area contributed by atoms with Gasteiger partial charge in [-0.2, -0.15) is 0 Å². The van der Waals surface area contributed by atoms with Crippen molar-refractivity contribution in [3.8, 4) is 0 Å². The van der Waals surface area contributed by atoms with Crippen LogP contribution in [0.5, 0.6) is 0 Å². The van der Waals surface area contributed by atoms with Gasteiger partial charge in [0.05, 0.1) is 5.52 Å². The molecular formula is C20H23FN2O2. The summed E-state index contributed by atoms with van der Waals surface area (Å²) >= 11 is 0. The number of aromatic nitrogens is 1. The molecule has 4 nitrogen and oxygen atoms in total. The van der Waals surface area contributed by atoms with Crippen LogP contribution in [0.15, 0.2) is 30.3 Å². The second kappa shape index (κ2) is 6.47. The molecule has 0 atom stereocenters. The van der Waals surface area contributed by atoms with Crippen molar-refractivity contribution in [2.45, 2.75) is 39.7 Å². The van der Waals surface area contributed by atoms with Gasteiger partial charge >= 0.3 is 6.09 Å². The van der Waals surface area contributed by atoms with Crippen molar-refractivity contribution < 1.29 is 13.9 Å². The van der Waals surface area contributed by atoms with Gasteiger partial charge in [-0.1, -0.05) is 12.1 Å². The number of aryl methyl sites for hydroxylation is 1. The zero-order chi connectivity index (χ0) is 18.2. The van der Waals surface area contributed by atoms with Crippen LogP contribution in [0.2, 0.25) is 0 Å². The van der Waals surface area contributed by atoms with Crippen molar-refractivity contribution >= 4 is 22.6 Å². The van der Waals surface area contributed by atoms with Gasteiger partial charge in [0.2, 0.25) is 0 Å². The van der Waals surface area contributed by atoms with Crippen LogP contribution in [-0.2, 0) is 4.74 Å². The molecule has 0 fully saturated rings. The molecule has 3 rings (SSSR count). The summed E-state index contributed by atoms with van der Waals surface area (Å²) in [7, 11) is 0. The third-order valence-corrected chi connectivity index (χ3v) is 4.12. The van der Waals surface area contributed by atoms with Crippen molar-refractivity contribution in [2.24, 2.45) is 0 Å². The Balaban J connectivity index is 1.87. The van der Waals surface area contributed by atoms with Crippen LogP contribution < -0.4 is 0 Å². The summed E-state index contributed by atoms with van der Waals surface area (Å²) in [6.07, 6.45) is 2.32. The van der Waals surface area contributed by atoms with Crippen LogP contribution in [0.1, 0.15) is 38.4 Å². The van der Waals surface area contributed by atoms with E-state index in [4.69, 9.17) is 4.74 Å². The highest BCUT2D eigenvalue weighted by atomic mass is 19.1. The second-order valence-corrected chi connectivity index (χ2v) is 7.38. The van der Waals surface area contributed by atoms with E-state index in [-0.39, 0.29) is 11.9 Å². The van der Waals surface area contributed by atoms with E-state index in [0.29, 0.717) is 25.0 Å². The summed E-state index contributed by atoms with van der Waals surface area (Å²) in [4.78, 5) is 18.3. The van der Waals surface area contributed by atoms with Crippen LogP contribution in [-0.4, -0.2) is 34.7 Å². The van der Waals surface area contributed by atoms with E-state index in [9.17, 15) is 9.18 Å². The average Bonchev–Trinajstić information content (AvgIpc) is 2.52. The Hall–Kier alpha value is -2.43. The molecule has 1 aliphatic heterocycles. The van der Waals surface area contributed by atoms with Crippen LogP contribution in [0, 0.1) is 12.7 Å². The molecule has 0 saturated carbocycles. The molecule has 2 aromatic rings. The molecule has 1 aliphatic rings. The van der Waals surface area contributed by atoms with Gasteiger partial charge in [0.25, 0.3) is 0 Å². The first-order chi connectivity index (χ1) is 11.7. The summed E-state index contributed by atoms with van der Waals surface area (Å²) in [5.74, 6) is -0.295. The topological polar surface area (TPSA) is 42.4 Å². The number of hydrogen-bond donors (Lipinski definition) is 0. The highest BCUT2D eigenvalue weighted by Gasteiger charge is 2.24. The minimum Gasteiger partial charge on any atom is -0.444 e. The molecule has 25 heavy (non-hydrogen) atoms. The number of carbonyl (C=O) groups is 1. The average molecular weight is 342 g/mol. The van der Waals surface area contributed by atoms with Gasteiger partial charge in [-0.05, 0) is 57.4 Å². The van der Waals surface area contributed by atoms with Crippen LogP contribution in [0.4, 0.5) is 9.18 Å². The lowest BCUT2D eigenvalue weighted by molar-refractivity contribution is 0.0270. The number of hydrogen-bond acceptors (Lipinski definition) is 3. The Kier molecular flexibility index (Phi) is 4.50. The Bertz CT molecular complexity index is 847. The quantitative estimate of drug-likeness (QED) is 0.754. The molecule has 1 amide bonds. The minimum absolute atomic E-state index is 0.295. The van der Waals surface area contributed by atoms with Crippen molar-refractivity contribution in [2.75, 3.05) is 13.1 Å². The third-order valence-electron chi connectivity index (χ3n) is 4.12. The molecule has 1 aromatic heterocycles. The molecule has 1 aromatic carbocycles. The van der Waals surface area contributed by atoms with E-state index in [2.05, 4.69) is 4.98 Å². The largest absolute Gasteiger partial charge is 0.444 e.